The molecule has 0 heterocycles. The third-order valence-electron chi connectivity index (χ3n) is 1.94. The van der Waals surface area contributed by atoms with Gasteiger partial charge in [-0.15, -0.1) is 0 Å². The first-order chi connectivity index (χ1) is 6.92. The molecule has 1 rings (SSSR count). The van der Waals surface area contributed by atoms with E-state index in [1.54, 1.807) is 31.2 Å². The lowest BCUT2D eigenvalue weighted by Crippen LogP contribution is -2.09. The molecule has 1 aromatic rings. The Hall–Kier alpha value is -1.36. The molecule has 0 radical (unpaired) electrons. The molecule has 82 valence electrons. The van der Waals surface area contributed by atoms with Crippen molar-refractivity contribution in [2.75, 3.05) is 11.0 Å². The van der Waals surface area contributed by atoms with Gasteiger partial charge in [0.1, 0.15) is 6.29 Å². The van der Waals surface area contributed by atoms with Crippen molar-refractivity contribution in [2.24, 2.45) is 0 Å². The van der Waals surface area contributed by atoms with Gasteiger partial charge in [-0.2, -0.15) is 0 Å². The summed E-state index contributed by atoms with van der Waals surface area (Å²) in [5.41, 5.74) is 1.36. The van der Waals surface area contributed by atoms with Crippen molar-refractivity contribution < 1.29 is 13.2 Å². The Morgan fingerprint density at radius 3 is 2.20 bits per heavy atom. The molecular formula is C10H13NO3S. The number of carbonyl (C=O) groups is 1. The molecule has 0 bridgehead atoms. The third-order valence-corrected chi connectivity index (χ3v) is 2.55. The molecule has 0 aliphatic rings. The zero-order valence-corrected chi connectivity index (χ0v) is 9.41. The maximum atomic E-state index is 10.9. The van der Waals surface area contributed by atoms with Crippen LogP contribution >= 0.6 is 0 Å². The van der Waals surface area contributed by atoms with Crippen LogP contribution in [0.5, 0.6) is 0 Å². The zero-order valence-electron chi connectivity index (χ0n) is 8.60. The van der Waals surface area contributed by atoms with Crippen LogP contribution in [0.15, 0.2) is 24.3 Å². The van der Waals surface area contributed by atoms with Crippen LogP contribution in [0.3, 0.4) is 0 Å². The van der Waals surface area contributed by atoms with Crippen LogP contribution in [0, 0.1) is 0 Å². The highest BCUT2D eigenvalue weighted by molar-refractivity contribution is 7.92. The molecule has 1 atom stereocenters. The van der Waals surface area contributed by atoms with Gasteiger partial charge in [0.2, 0.25) is 10.0 Å². The van der Waals surface area contributed by atoms with E-state index >= 15 is 0 Å². The Balaban J connectivity index is 2.86. The molecule has 1 aromatic carbocycles. The van der Waals surface area contributed by atoms with E-state index in [2.05, 4.69) is 4.72 Å². The monoisotopic (exact) mass is 227 g/mol. The van der Waals surface area contributed by atoms with E-state index in [0.29, 0.717) is 5.69 Å². The zero-order chi connectivity index (χ0) is 11.5. The van der Waals surface area contributed by atoms with Gasteiger partial charge in [-0.3, -0.25) is 4.72 Å². The smallest absolute Gasteiger partial charge is 0.229 e. The molecule has 0 aromatic heterocycles. The highest BCUT2D eigenvalue weighted by atomic mass is 32.2. The number of sulfonamides is 1. The largest absolute Gasteiger partial charge is 0.303 e. The number of rotatable bonds is 4. The molecule has 4 nitrogen and oxygen atoms in total. The topological polar surface area (TPSA) is 63.2 Å². The fourth-order valence-corrected chi connectivity index (χ4v) is 1.71. The lowest BCUT2D eigenvalue weighted by molar-refractivity contribution is -0.108. The molecule has 0 unspecified atom stereocenters. The lowest BCUT2D eigenvalue weighted by atomic mass is 10.0. The molecule has 0 fully saturated rings. The third kappa shape index (κ3) is 3.71. The van der Waals surface area contributed by atoms with Gasteiger partial charge in [-0.05, 0) is 17.7 Å². The summed E-state index contributed by atoms with van der Waals surface area (Å²) in [5, 5.41) is 0. The van der Waals surface area contributed by atoms with Crippen LogP contribution < -0.4 is 4.72 Å². The van der Waals surface area contributed by atoms with Crippen molar-refractivity contribution in [3.8, 4) is 0 Å². The van der Waals surface area contributed by atoms with Gasteiger partial charge < -0.3 is 4.79 Å². The number of benzene rings is 1. The summed E-state index contributed by atoms with van der Waals surface area (Å²) >= 11 is 0. The number of hydrogen-bond donors (Lipinski definition) is 1. The average molecular weight is 227 g/mol. The van der Waals surface area contributed by atoms with E-state index in [1.165, 1.54) is 0 Å². The van der Waals surface area contributed by atoms with E-state index in [0.717, 1.165) is 18.1 Å². The molecule has 0 aliphatic carbocycles. The first-order valence-electron chi connectivity index (χ1n) is 4.45. The number of anilines is 1. The second kappa shape index (κ2) is 4.44. The minimum absolute atomic E-state index is 0.169. The first-order valence-corrected chi connectivity index (χ1v) is 6.34. The number of nitrogens with one attached hydrogen (secondary N) is 1. The molecule has 0 saturated carbocycles. The summed E-state index contributed by atoms with van der Waals surface area (Å²) in [6.07, 6.45) is 1.94. The van der Waals surface area contributed by atoms with Crippen LogP contribution in [0.2, 0.25) is 0 Å². The maximum Gasteiger partial charge on any atom is 0.229 e. The molecule has 0 aliphatic heterocycles. The SMILES string of the molecule is C[C@@H](C=O)c1ccc(NS(C)(=O)=O)cc1. The van der Waals surface area contributed by atoms with E-state index in [9.17, 15) is 13.2 Å². The molecular weight excluding hydrogens is 214 g/mol. The molecule has 15 heavy (non-hydrogen) atoms. The van der Waals surface area contributed by atoms with Gasteiger partial charge in [-0.25, -0.2) is 8.42 Å². The minimum Gasteiger partial charge on any atom is -0.303 e. The van der Waals surface area contributed by atoms with Gasteiger partial charge in [0.25, 0.3) is 0 Å². The summed E-state index contributed by atoms with van der Waals surface area (Å²) in [6.45, 7) is 1.78. The summed E-state index contributed by atoms with van der Waals surface area (Å²) in [5.74, 6) is -0.169. The number of carbonyl (C=O) groups excluding carboxylic acids is 1. The quantitative estimate of drug-likeness (QED) is 0.790. The van der Waals surface area contributed by atoms with Crippen molar-refractivity contribution in [3.63, 3.8) is 0 Å². The molecule has 0 amide bonds. The van der Waals surface area contributed by atoms with Crippen LogP contribution in [0.1, 0.15) is 18.4 Å². The Labute approximate surface area is 89.4 Å². The minimum atomic E-state index is -3.24. The average Bonchev–Trinajstić information content (AvgIpc) is 2.15. The van der Waals surface area contributed by atoms with E-state index in [1.807, 2.05) is 0 Å². The van der Waals surface area contributed by atoms with Gasteiger partial charge >= 0.3 is 0 Å². The summed E-state index contributed by atoms with van der Waals surface area (Å²) in [7, 11) is -3.24. The predicted octanol–water partition coefficient (Wildman–Crippen LogP) is 1.36. The van der Waals surface area contributed by atoms with E-state index < -0.39 is 10.0 Å². The fourth-order valence-electron chi connectivity index (χ4n) is 1.15. The standard InChI is InChI=1S/C10H13NO3S/c1-8(7-12)9-3-5-10(6-4-9)11-15(2,13)14/h3-8,11H,1-2H3/t8-/m0/s1. The Morgan fingerprint density at radius 1 is 1.27 bits per heavy atom. The van der Waals surface area contributed by atoms with Crippen molar-refractivity contribution in [1.29, 1.82) is 0 Å². The van der Waals surface area contributed by atoms with Crippen LogP contribution in [0.4, 0.5) is 5.69 Å². The number of aldehydes is 1. The van der Waals surface area contributed by atoms with Gasteiger partial charge in [-0.1, -0.05) is 19.1 Å². The first kappa shape index (κ1) is 11.7. The fraction of sp³-hybridized carbons (Fsp3) is 0.300. The van der Waals surface area contributed by atoms with Crippen LogP contribution in [-0.2, 0) is 14.8 Å². The van der Waals surface area contributed by atoms with Crippen molar-refractivity contribution in [3.05, 3.63) is 29.8 Å². The maximum absolute atomic E-state index is 10.9. The highest BCUT2D eigenvalue weighted by Gasteiger charge is 2.05. The normalized spacial score (nSPS) is 13.2. The Morgan fingerprint density at radius 2 is 1.80 bits per heavy atom. The Kier molecular flexibility index (Phi) is 3.47. The van der Waals surface area contributed by atoms with E-state index in [-0.39, 0.29) is 5.92 Å². The molecule has 0 saturated heterocycles. The molecule has 5 heteroatoms. The van der Waals surface area contributed by atoms with Crippen molar-refractivity contribution in [1.82, 2.24) is 0 Å². The number of hydrogen-bond acceptors (Lipinski definition) is 3. The van der Waals surface area contributed by atoms with Gasteiger partial charge in [0, 0.05) is 11.6 Å². The van der Waals surface area contributed by atoms with Gasteiger partial charge in [0.05, 0.1) is 6.26 Å². The summed E-state index contributed by atoms with van der Waals surface area (Å²) < 4.78 is 24.2. The second-order valence-corrected chi connectivity index (χ2v) is 5.17. The van der Waals surface area contributed by atoms with Crippen LogP contribution in [-0.4, -0.2) is 21.0 Å². The van der Waals surface area contributed by atoms with Gasteiger partial charge in [0.15, 0.2) is 0 Å². The van der Waals surface area contributed by atoms with Crippen molar-refractivity contribution >= 4 is 22.0 Å². The van der Waals surface area contributed by atoms with E-state index in [4.69, 9.17) is 0 Å². The second-order valence-electron chi connectivity index (χ2n) is 3.42. The highest BCUT2D eigenvalue weighted by Crippen LogP contribution is 2.16. The molecule has 1 N–H and O–H groups in total. The molecule has 0 spiro atoms. The summed E-state index contributed by atoms with van der Waals surface area (Å²) in [6, 6.07) is 6.73. The Bertz CT molecular complexity index is 436. The van der Waals surface area contributed by atoms with Crippen LogP contribution in [0.25, 0.3) is 0 Å². The predicted molar refractivity (Wildman–Crippen MR) is 59.4 cm³/mol. The summed E-state index contributed by atoms with van der Waals surface area (Å²) in [4.78, 5) is 10.5. The lowest BCUT2D eigenvalue weighted by Gasteiger charge is -2.06. The van der Waals surface area contributed by atoms with Crippen molar-refractivity contribution in [2.45, 2.75) is 12.8 Å².